The van der Waals surface area contributed by atoms with Gasteiger partial charge in [0, 0.05) is 0 Å². The Morgan fingerprint density at radius 3 is 1.18 bits per heavy atom. The van der Waals surface area contributed by atoms with Crippen LogP contribution in [-0.4, -0.2) is 14.8 Å². The van der Waals surface area contributed by atoms with Gasteiger partial charge in [0.2, 0.25) is 0 Å². The second kappa shape index (κ2) is 18.0. The van der Waals surface area contributed by atoms with Crippen LogP contribution in [0.3, 0.4) is 0 Å². The molecule has 0 amide bonds. The van der Waals surface area contributed by atoms with E-state index < -0.39 is 8.24 Å². The van der Waals surface area contributed by atoms with Gasteiger partial charge in [-0.25, -0.2) is 0 Å². The minimum atomic E-state index is -0.887. The SMILES string of the molecule is CCCCCCCCCCCCCCCC[NH2+][Si](C)(C)C.[Br-]. The fraction of sp³-hybridized carbons (Fsp3) is 1.00. The fourth-order valence-electron chi connectivity index (χ4n) is 2.87. The van der Waals surface area contributed by atoms with E-state index in [9.17, 15) is 0 Å². The molecule has 3 heteroatoms. The smallest absolute Gasteiger partial charge is 0.273 e. The molecular weight excluding hydrogens is 350 g/mol. The first-order valence-electron chi connectivity index (χ1n) is 9.90. The van der Waals surface area contributed by atoms with Gasteiger partial charge in [-0.1, -0.05) is 84.0 Å². The molecule has 136 valence electrons. The molecule has 0 rings (SSSR count). The largest absolute Gasteiger partial charge is 1.00 e. The minimum Gasteiger partial charge on any atom is -1.00 e. The maximum absolute atomic E-state index is 2.62. The standard InChI is InChI=1S/C19H43NSi.BrH/c1-5-6-7-8-9-10-11-12-13-14-15-16-17-18-19-20-21(2,3)4;/h20H,5-19H2,1-4H3;1H. The molecule has 22 heavy (non-hydrogen) atoms. The van der Waals surface area contributed by atoms with Crippen LogP contribution in [0.4, 0.5) is 0 Å². The molecule has 0 radical (unpaired) electrons. The van der Waals surface area contributed by atoms with E-state index in [-0.39, 0.29) is 17.0 Å². The molecule has 1 nitrogen and oxygen atoms in total. The Kier molecular flexibility index (Phi) is 20.4. The van der Waals surface area contributed by atoms with Crippen molar-refractivity contribution in [3.05, 3.63) is 0 Å². The van der Waals surface area contributed by atoms with Crippen molar-refractivity contribution >= 4 is 8.24 Å². The zero-order valence-electron chi connectivity index (χ0n) is 16.1. The van der Waals surface area contributed by atoms with Crippen molar-refractivity contribution in [3.63, 3.8) is 0 Å². The van der Waals surface area contributed by atoms with E-state index in [2.05, 4.69) is 31.5 Å². The number of nitrogens with two attached hydrogens (primary N) is 1. The van der Waals surface area contributed by atoms with Crippen molar-refractivity contribution in [3.8, 4) is 0 Å². The summed E-state index contributed by atoms with van der Waals surface area (Å²) in [5.74, 6) is 0. The number of hydrogen-bond donors (Lipinski definition) is 1. The Bertz CT molecular complexity index is 204. The zero-order chi connectivity index (χ0) is 15.8. The van der Waals surface area contributed by atoms with Gasteiger partial charge < -0.3 is 22.0 Å². The van der Waals surface area contributed by atoms with Gasteiger partial charge in [0.05, 0.1) is 6.54 Å². The molecule has 0 unspecified atom stereocenters. The van der Waals surface area contributed by atoms with Crippen molar-refractivity contribution in [2.24, 2.45) is 0 Å². The topological polar surface area (TPSA) is 16.6 Å². The van der Waals surface area contributed by atoms with Crippen molar-refractivity contribution in [2.75, 3.05) is 6.54 Å². The summed E-state index contributed by atoms with van der Waals surface area (Å²) in [6, 6.07) is 0. The third-order valence-corrected chi connectivity index (χ3v) is 5.83. The Morgan fingerprint density at radius 2 is 0.864 bits per heavy atom. The summed E-state index contributed by atoms with van der Waals surface area (Å²) >= 11 is 0. The molecule has 0 heterocycles. The maximum Gasteiger partial charge on any atom is 0.273 e. The lowest BCUT2D eigenvalue weighted by Gasteiger charge is -2.12. The second-order valence-corrected chi connectivity index (χ2v) is 13.1. The average molecular weight is 395 g/mol. The predicted molar refractivity (Wildman–Crippen MR) is 100 cm³/mol. The van der Waals surface area contributed by atoms with Gasteiger partial charge >= 0.3 is 0 Å². The first-order chi connectivity index (χ1) is 10.1. The Labute approximate surface area is 153 Å². The van der Waals surface area contributed by atoms with Gasteiger partial charge in [-0.3, -0.25) is 0 Å². The van der Waals surface area contributed by atoms with Crippen molar-refractivity contribution in [1.82, 2.24) is 0 Å². The van der Waals surface area contributed by atoms with E-state index in [1.807, 2.05) is 0 Å². The number of rotatable bonds is 16. The number of quaternary nitrogens is 1. The van der Waals surface area contributed by atoms with Crippen LogP contribution in [0.1, 0.15) is 96.8 Å². The minimum absolute atomic E-state index is 0. The van der Waals surface area contributed by atoms with Crippen LogP contribution in [0.15, 0.2) is 0 Å². The molecule has 2 N–H and O–H groups in total. The molecule has 0 saturated heterocycles. The van der Waals surface area contributed by atoms with E-state index >= 15 is 0 Å². The monoisotopic (exact) mass is 393 g/mol. The molecule has 0 aliphatic carbocycles. The lowest BCUT2D eigenvalue weighted by molar-refractivity contribution is -0.530. The fourth-order valence-corrected chi connectivity index (χ4v) is 3.94. The molecular formula is C19H44BrNSi. The normalized spacial score (nSPS) is 11.5. The summed E-state index contributed by atoms with van der Waals surface area (Å²) in [6.07, 6.45) is 20.5. The van der Waals surface area contributed by atoms with Gasteiger partial charge in [-0.05, 0) is 32.5 Å². The van der Waals surface area contributed by atoms with Crippen LogP contribution >= 0.6 is 0 Å². The van der Waals surface area contributed by atoms with E-state index in [0.29, 0.717) is 0 Å². The van der Waals surface area contributed by atoms with Crippen LogP contribution in [0, 0.1) is 0 Å². The third kappa shape index (κ3) is 22.9. The Balaban J connectivity index is 0. The van der Waals surface area contributed by atoms with Crippen LogP contribution < -0.4 is 22.0 Å². The van der Waals surface area contributed by atoms with Crippen LogP contribution in [0.5, 0.6) is 0 Å². The van der Waals surface area contributed by atoms with Crippen LogP contribution in [0.2, 0.25) is 19.6 Å². The quantitative estimate of drug-likeness (QED) is 0.306. The molecule has 0 aliphatic heterocycles. The Hall–Kier alpha value is 0.657. The molecule has 0 saturated carbocycles. The van der Waals surface area contributed by atoms with E-state index in [0.717, 1.165) is 0 Å². The summed E-state index contributed by atoms with van der Waals surface area (Å²) in [4.78, 5) is 2.62. The van der Waals surface area contributed by atoms with E-state index in [1.54, 1.807) is 0 Å². The molecule has 0 aromatic carbocycles. The highest BCUT2D eigenvalue weighted by Crippen LogP contribution is 2.12. The average Bonchev–Trinajstić information content (AvgIpc) is 2.42. The van der Waals surface area contributed by atoms with Gasteiger partial charge in [-0.15, -0.1) is 0 Å². The zero-order valence-corrected chi connectivity index (χ0v) is 18.6. The van der Waals surface area contributed by atoms with Crippen LogP contribution in [-0.2, 0) is 0 Å². The summed E-state index contributed by atoms with van der Waals surface area (Å²) < 4.78 is 0. The third-order valence-electron chi connectivity index (χ3n) is 4.31. The first kappa shape index (κ1) is 24.9. The number of unbranched alkanes of at least 4 members (excludes halogenated alkanes) is 13. The lowest BCUT2D eigenvalue weighted by Crippen LogP contribution is -3.00. The predicted octanol–water partition coefficient (Wildman–Crippen LogP) is 2.87. The highest BCUT2D eigenvalue weighted by molar-refractivity contribution is 6.67. The molecule has 0 spiro atoms. The van der Waals surface area contributed by atoms with Crippen molar-refractivity contribution in [2.45, 2.75) is 116 Å². The Morgan fingerprint density at radius 1 is 0.545 bits per heavy atom. The van der Waals surface area contributed by atoms with Crippen molar-refractivity contribution in [1.29, 1.82) is 0 Å². The summed E-state index contributed by atoms with van der Waals surface area (Å²) in [5.41, 5.74) is 0. The molecule has 0 aliphatic rings. The molecule has 0 aromatic rings. The van der Waals surface area contributed by atoms with Gasteiger partial charge in [0.15, 0.2) is 0 Å². The highest BCUT2D eigenvalue weighted by atomic mass is 79.9. The molecule has 0 aromatic heterocycles. The summed E-state index contributed by atoms with van der Waals surface area (Å²) in [7, 11) is -0.887. The van der Waals surface area contributed by atoms with Gasteiger partial charge in [-0.2, -0.15) is 0 Å². The molecule has 0 fully saturated rings. The van der Waals surface area contributed by atoms with Gasteiger partial charge in [0.1, 0.15) is 0 Å². The highest BCUT2D eigenvalue weighted by Gasteiger charge is 2.18. The van der Waals surface area contributed by atoms with Crippen molar-refractivity contribution < 1.29 is 22.0 Å². The van der Waals surface area contributed by atoms with E-state index in [1.165, 1.54) is 96.4 Å². The first-order valence-corrected chi connectivity index (χ1v) is 13.5. The van der Waals surface area contributed by atoms with E-state index in [4.69, 9.17) is 0 Å². The molecule has 0 bridgehead atoms. The van der Waals surface area contributed by atoms with Crippen LogP contribution in [0.25, 0.3) is 0 Å². The second-order valence-electron chi connectivity index (χ2n) is 7.96. The summed E-state index contributed by atoms with van der Waals surface area (Å²) in [6.45, 7) is 11.0. The molecule has 0 atom stereocenters. The van der Waals surface area contributed by atoms with Gasteiger partial charge in [0.25, 0.3) is 8.24 Å². The summed E-state index contributed by atoms with van der Waals surface area (Å²) in [5, 5.41) is 0. The maximum atomic E-state index is 2.62. The lowest BCUT2D eigenvalue weighted by atomic mass is 10.0. The number of halogens is 1. The number of hydrogen-bond acceptors (Lipinski definition) is 0.